The summed E-state index contributed by atoms with van der Waals surface area (Å²) in [5, 5.41) is 12.3. The van der Waals surface area contributed by atoms with Crippen LogP contribution < -0.4 is 0 Å². The first-order valence-electron chi connectivity index (χ1n) is 7.84. The lowest BCUT2D eigenvalue weighted by Crippen LogP contribution is -2.50. The minimum absolute atomic E-state index is 0.0398. The summed E-state index contributed by atoms with van der Waals surface area (Å²) in [4.78, 5) is 13.0. The average Bonchev–Trinajstić information content (AvgIpc) is 3.11. The maximum absolute atomic E-state index is 12.3. The third-order valence-electron chi connectivity index (χ3n) is 4.95. The molecule has 0 amide bonds. The second kappa shape index (κ2) is 5.71. The summed E-state index contributed by atoms with van der Waals surface area (Å²) in [6.07, 6.45) is 4.78. The Kier molecular flexibility index (Phi) is 4.08. The maximum atomic E-state index is 12.3. The minimum atomic E-state index is -1.52. The first-order chi connectivity index (χ1) is 10.0. The van der Waals surface area contributed by atoms with E-state index < -0.39 is 11.6 Å². The zero-order valence-electron chi connectivity index (χ0n) is 12.6. The van der Waals surface area contributed by atoms with Crippen LogP contribution in [0.1, 0.15) is 37.5 Å². The van der Waals surface area contributed by atoms with Gasteiger partial charge in [-0.1, -0.05) is 6.07 Å². The fourth-order valence-electron chi connectivity index (χ4n) is 3.64. The molecule has 2 fully saturated rings. The van der Waals surface area contributed by atoms with Crippen LogP contribution in [-0.2, 0) is 15.1 Å². The monoisotopic (exact) mass is 310 g/mol. The second-order valence-electron chi connectivity index (χ2n) is 6.62. The highest BCUT2D eigenvalue weighted by molar-refractivity contribution is 7.10. The van der Waals surface area contributed by atoms with Crippen molar-refractivity contribution >= 4 is 17.3 Å². The Morgan fingerprint density at radius 1 is 1.38 bits per heavy atom. The molecule has 2 aliphatic rings. The quantitative estimate of drug-likeness (QED) is 0.688. The molecule has 1 aromatic rings. The first-order valence-corrected chi connectivity index (χ1v) is 8.72. The number of quaternary nitrogens is 1. The lowest BCUT2D eigenvalue weighted by molar-refractivity contribution is -0.922. The largest absolute Gasteiger partial charge is 0.454 e. The Morgan fingerprint density at radius 2 is 2.14 bits per heavy atom. The molecular weight excluding hydrogens is 286 g/mol. The molecule has 1 spiro atoms. The number of ether oxygens (including phenoxy) is 1. The van der Waals surface area contributed by atoms with Crippen LogP contribution in [0.25, 0.3) is 0 Å². The van der Waals surface area contributed by atoms with Crippen LogP contribution in [0.3, 0.4) is 0 Å². The fraction of sp³-hybridized carbons (Fsp3) is 0.688. The number of piperidine rings is 1. The number of nitrogens with zero attached hydrogens (tertiary/aromatic N) is 1. The smallest absolute Gasteiger partial charge is 0.343 e. The van der Waals surface area contributed by atoms with Crippen molar-refractivity contribution in [3.8, 4) is 0 Å². The molecule has 0 radical (unpaired) electrons. The van der Waals surface area contributed by atoms with Crippen molar-refractivity contribution in [3.05, 3.63) is 22.4 Å². The Morgan fingerprint density at radius 3 is 2.81 bits per heavy atom. The third kappa shape index (κ3) is 3.00. The molecule has 4 nitrogen and oxygen atoms in total. The van der Waals surface area contributed by atoms with Gasteiger partial charge in [-0.3, -0.25) is 0 Å². The van der Waals surface area contributed by atoms with Crippen LogP contribution in [-0.4, -0.2) is 47.8 Å². The molecule has 0 aliphatic carbocycles. The molecule has 2 saturated heterocycles. The molecule has 0 aromatic carbocycles. The van der Waals surface area contributed by atoms with E-state index in [1.165, 1.54) is 50.6 Å². The van der Waals surface area contributed by atoms with Crippen LogP contribution in [0.15, 0.2) is 17.5 Å². The molecule has 1 N–H and O–H groups in total. The molecule has 2 unspecified atom stereocenters. The molecule has 2 aliphatic heterocycles. The van der Waals surface area contributed by atoms with Gasteiger partial charge >= 0.3 is 5.97 Å². The minimum Gasteiger partial charge on any atom is -0.454 e. The van der Waals surface area contributed by atoms with E-state index >= 15 is 0 Å². The fourth-order valence-corrected chi connectivity index (χ4v) is 4.41. The van der Waals surface area contributed by atoms with Crippen LogP contribution in [0.2, 0.25) is 0 Å². The van der Waals surface area contributed by atoms with E-state index in [1.807, 2.05) is 11.4 Å². The molecule has 0 saturated carbocycles. The van der Waals surface area contributed by atoms with Gasteiger partial charge in [-0.15, -0.1) is 11.3 Å². The van der Waals surface area contributed by atoms with Gasteiger partial charge in [0.15, 0.2) is 11.7 Å². The van der Waals surface area contributed by atoms with Crippen LogP contribution in [0.4, 0.5) is 0 Å². The number of esters is 1. The Balaban J connectivity index is 1.61. The standard InChI is InChI=1S/C16H24NO3S/c1-16(19,14-6-5-11-21-14)15(18)20-13-7-10-17(12-13)8-3-2-4-9-17/h5-6,11,13,19H,2-4,7-10,12H2,1H3/q+1. The zero-order valence-corrected chi connectivity index (χ0v) is 13.4. The van der Waals surface area contributed by atoms with Crippen molar-refractivity contribution in [2.45, 2.75) is 44.3 Å². The van der Waals surface area contributed by atoms with Gasteiger partial charge in [-0.05, 0) is 37.6 Å². The van der Waals surface area contributed by atoms with E-state index in [0.29, 0.717) is 4.88 Å². The van der Waals surface area contributed by atoms with Gasteiger partial charge in [0.05, 0.1) is 19.6 Å². The number of carbonyl (C=O) groups excluding carboxylic acids is 1. The van der Waals surface area contributed by atoms with Gasteiger partial charge in [0.1, 0.15) is 6.54 Å². The van der Waals surface area contributed by atoms with Crippen LogP contribution >= 0.6 is 11.3 Å². The van der Waals surface area contributed by atoms with Crippen molar-refractivity contribution in [1.29, 1.82) is 0 Å². The molecule has 0 bridgehead atoms. The molecular formula is C16H24NO3S+. The number of thiophene rings is 1. The molecule has 2 atom stereocenters. The maximum Gasteiger partial charge on any atom is 0.343 e. The summed E-state index contributed by atoms with van der Waals surface area (Å²) < 4.78 is 6.74. The highest BCUT2D eigenvalue weighted by Gasteiger charge is 2.43. The Labute approximate surface area is 129 Å². The molecule has 116 valence electrons. The summed E-state index contributed by atoms with van der Waals surface area (Å²) in [5.41, 5.74) is -1.52. The van der Waals surface area contributed by atoms with E-state index in [9.17, 15) is 9.90 Å². The number of carbonyl (C=O) groups is 1. The SMILES string of the molecule is CC(O)(C(=O)OC1CC[N+]2(CCCCC2)C1)c1cccs1. The highest BCUT2D eigenvalue weighted by atomic mass is 32.1. The molecule has 5 heteroatoms. The zero-order chi connectivity index (χ0) is 14.9. The number of rotatable bonds is 3. The average molecular weight is 310 g/mol. The van der Waals surface area contributed by atoms with Gasteiger partial charge in [0.25, 0.3) is 0 Å². The summed E-state index contributed by atoms with van der Waals surface area (Å²) in [6, 6.07) is 3.62. The van der Waals surface area contributed by atoms with Gasteiger partial charge in [0, 0.05) is 11.3 Å². The van der Waals surface area contributed by atoms with Gasteiger partial charge in [0.2, 0.25) is 0 Å². The van der Waals surface area contributed by atoms with Crippen molar-refractivity contribution in [3.63, 3.8) is 0 Å². The number of aliphatic hydroxyl groups is 1. The van der Waals surface area contributed by atoms with Gasteiger partial charge in [-0.25, -0.2) is 4.79 Å². The molecule has 21 heavy (non-hydrogen) atoms. The second-order valence-corrected chi connectivity index (χ2v) is 7.57. The summed E-state index contributed by atoms with van der Waals surface area (Å²) in [6.45, 7) is 6.00. The van der Waals surface area contributed by atoms with E-state index in [0.717, 1.165) is 24.0 Å². The molecule has 3 rings (SSSR count). The highest BCUT2D eigenvalue weighted by Crippen LogP contribution is 2.31. The lowest BCUT2D eigenvalue weighted by Gasteiger charge is -2.37. The normalized spacial score (nSPS) is 27.4. The third-order valence-corrected chi connectivity index (χ3v) is 6.03. The predicted molar refractivity (Wildman–Crippen MR) is 82.0 cm³/mol. The van der Waals surface area contributed by atoms with Crippen molar-refractivity contribution in [1.82, 2.24) is 0 Å². The number of hydrogen-bond acceptors (Lipinski definition) is 4. The van der Waals surface area contributed by atoms with E-state index in [-0.39, 0.29) is 6.10 Å². The lowest BCUT2D eigenvalue weighted by atomic mass is 10.1. The Bertz CT molecular complexity index is 492. The van der Waals surface area contributed by atoms with Crippen LogP contribution in [0.5, 0.6) is 0 Å². The Hall–Kier alpha value is -0.910. The first kappa shape index (κ1) is 15.0. The van der Waals surface area contributed by atoms with E-state index in [4.69, 9.17) is 4.74 Å². The number of hydrogen-bond donors (Lipinski definition) is 1. The topological polar surface area (TPSA) is 46.5 Å². The van der Waals surface area contributed by atoms with Gasteiger partial charge < -0.3 is 14.3 Å². The van der Waals surface area contributed by atoms with Crippen molar-refractivity contribution in [2.24, 2.45) is 0 Å². The van der Waals surface area contributed by atoms with Crippen molar-refractivity contribution in [2.75, 3.05) is 26.2 Å². The molecule has 1 aromatic heterocycles. The summed E-state index contributed by atoms with van der Waals surface area (Å²) in [5.74, 6) is -0.507. The van der Waals surface area contributed by atoms with Gasteiger partial charge in [-0.2, -0.15) is 0 Å². The van der Waals surface area contributed by atoms with Crippen molar-refractivity contribution < 1.29 is 19.1 Å². The van der Waals surface area contributed by atoms with Crippen LogP contribution in [0, 0.1) is 0 Å². The van der Waals surface area contributed by atoms with E-state index in [2.05, 4.69) is 0 Å². The predicted octanol–water partition coefficient (Wildman–Crippen LogP) is 2.27. The summed E-state index contributed by atoms with van der Waals surface area (Å²) >= 11 is 1.38. The summed E-state index contributed by atoms with van der Waals surface area (Å²) in [7, 11) is 0. The van der Waals surface area contributed by atoms with E-state index in [1.54, 1.807) is 6.07 Å². The molecule has 3 heterocycles.